The Kier molecular flexibility index (Phi) is 3.65. The lowest BCUT2D eigenvalue weighted by molar-refractivity contribution is -0.150. The van der Waals surface area contributed by atoms with Crippen LogP contribution in [0.5, 0.6) is 0 Å². The van der Waals surface area contributed by atoms with E-state index in [0.717, 1.165) is 5.56 Å². The molecule has 0 fully saturated rings. The van der Waals surface area contributed by atoms with Crippen LogP contribution in [0.2, 0.25) is 0 Å². The van der Waals surface area contributed by atoms with Crippen molar-refractivity contribution in [3.8, 4) is 0 Å². The molecule has 0 aliphatic carbocycles. The molecule has 1 aromatic rings. The van der Waals surface area contributed by atoms with Crippen LogP contribution in [-0.2, 0) is 15.1 Å². The average molecular weight is 225 g/mol. The normalized spacial score (nSPS) is 16.3. The lowest BCUT2D eigenvalue weighted by atomic mass is 9.86. The topological polar surface area (TPSA) is 52.3 Å². The van der Waals surface area contributed by atoms with Gasteiger partial charge in [-0.15, -0.1) is 0 Å². The number of hydrogen-bond acceptors (Lipinski definition) is 3. The largest absolute Gasteiger partial charge is 0.467 e. The number of halogens is 1. The zero-order valence-corrected chi connectivity index (χ0v) is 9.66. The fraction of sp³-hybridized carbons (Fsp3) is 0.417. The number of alkyl halides is 1. The maximum absolute atomic E-state index is 13.6. The molecule has 0 saturated carbocycles. The van der Waals surface area contributed by atoms with Crippen molar-refractivity contribution in [2.75, 3.05) is 7.11 Å². The van der Waals surface area contributed by atoms with Crippen molar-refractivity contribution < 1.29 is 13.9 Å². The van der Waals surface area contributed by atoms with E-state index in [1.165, 1.54) is 14.0 Å². The average Bonchev–Trinajstić information content (AvgIpc) is 2.26. The number of ether oxygens (including phenoxy) is 1. The molecule has 16 heavy (non-hydrogen) atoms. The van der Waals surface area contributed by atoms with Gasteiger partial charge >= 0.3 is 5.97 Å². The molecule has 1 rings (SSSR count). The molecule has 3 nitrogen and oxygen atoms in total. The van der Waals surface area contributed by atoms with Crippen molar-refractivity contribution in [3.63, 3.8) is 0 Å². The second kappa shape index (κ2) is 4.61. The van der Waals surface area contributed by atoms with E-state index in [4.69, 9.17) is 5.73 Å². The zero-order chi connectivity index (χ0) is 12.3. The van der Waals surface area contributed by atoms with Gasteiger partial charge in [0.05, 0.1) is 7.11 Å². The van der Waals surface area contributed by atoms with E-state index in [1.807, 2.05) is 13.0 Å². The minimum atomic E-state index is -1.74. The van der Waals surface area contributed by atoms with Gasteiger partial charge < -0.3 is 10.5 Å². The number of benzene rings is 1. The molecule has 0 spiro atoms. The number of hydrogen-bond donors (Lipinski definition) is 1. The van der Waals surface area contributed by atoms with E-state index in [-0.39, 0.29) is 0 Å². The molecule has 2 N–H and O–H groups in total. The van der Waals surface area contributed by atoms with Crippen molar-refractivity contribution in [1.82, 2.24) is 0 Å². The monoisotopic (exact) mass is 225 g/mol. The minimum Gasteiger partial charge on any atom is -0.467 e. The van der Waals surface area contributed by atoms with Gasteiger partial charge in [0.1, 0.15) is 6.17 Å². The van der Waals surface area contributed by atoms with Crippen molar-refractivity contribution in [2.24, 2.45) is 5.73 Å². The number of rotatable bonds is 3. The fourth-order valence-corrected chi connectivity index (χ4v) is 1.58. The summed E-state index contributed by atoms with van der Waals surface area (Å²) in [4.78, 5) is 11.6. The highest BCUT2D eigenvalue weighted by Gasteiger charge is 2.43. The van der Waals surface area contributed by atoms with E-state index in [9.17, 15) is 9.18 Å². The maximum atomic E-state index is 13.6. The lowest BCUT2D eigenvalue weighted by Crippen LogP contribution is -2.52. The Labute approximate surface area is 94.4 Å². The molecule has 0 radical (unpaired) electrons. The number of nitrogens with two attached hydrogens (primary N) is 1. The molecule has 0 heterocycles. The van der Waals surface area contributed by atoms with Gasteiger partial charge in [0, 0.05) is 0 Å². The van der Waals surface area contributed by atoms with Crippen LogP contribution in [0.15, 0.2) is 24.3 Å². The van der Waals surface area contributed by atoms with Crippen molar-refractivity contribution >= 4 is 5.97 Å². The molecule has 0 saturated heterocycles. The number of carbonyl (C=O) groups is 1. The number of methoxy groups -OCH3 is 1. The minimum absolute atomic E-state index is 0.425. The summed E-state index contributed by atoms with van der Waals surface area (Å²) in [7, 11) is 1.20. The molecule has 4 heteroatoms. The second-order valence-electron chi connectivity index (χ2n) is 3.85. The standard InChI is InChI=1S/C12H16FNO2/c1-8-5-4-6-10(7-8)12(14,9(2)13)11(15)16-3/h4-7,9H,14H2,1-3H3. The van der Waals surface area contributed by atoms with Crippen LogP contribution >= 0.6 is 0 Å². The summed E-state index contributed by atoms with van der Waals surface area (Å²) in [6.45, 7) is 3.10. The van der Waals surface area contributed by atoms with Gasteiger partial charge in [0.2, 0.25) is 0 Å². The second-order valence-corrected chi connectivity index (χ2v) is 3.85. The predicted octanol–water partition coefficient (Wildman–Crippen LogP) is 1.68. The Morgan fingerprint density at radius 1 is 1.56 bits per heavy atom. The highest BCUT2D eigenvalue weighted by atomic mass is 19.1. The van der Waals surface area contributed by atoms with E-state index in [1.54, 1.807) is 18.2 Å². The maximum Gasteiger partial charge on any atom is 0.333 e. The van der Waals surface area contributed by atoms with Crippen LogP contribution in [-0.4, -0.2) is 19.3 Å². The zero-order valence-electron chi connectivity index (χ0n) is 9.66. The fourth-order valence-electron chi connectivity index (χ4n) is 1.58. The summed E-state index contributed by atoms with van der Waals surface area (Å²) in [5.74, 6) is -0.770. The third-order valence-corrected chi connectivity index (χ3v) is 2.65. The van der Waals surface area contributed by atoms with Crippen molar-refractivity contribution in [3.05, 3.63) is 35.4 Å². The first-order chi connectivity index (χ1) is 7.42. The Morgan fingerprint density at radius 3 is 2.62 bits per heavy atom. The molecular weight excluding hydrogens is 209 g/mol. The predicted molar refractivity (Wildman–Crippen MR) is 59.6 cm³/mol. The number of esters is 1. The third kappa shape index (κ3) is 2.07. The van der Waals surface area contributed by atoms with E-state index in [0.29, 0.717) is 5.56 Å². The molecule has 0 aliphatic rings. The molecule has 1 aromatic carbocycles. The van der Waals surface area contributed by atoms with Gasteiger partial charge in [-0.3, -0.25) is 0 Å². The van der Waals surface area contributed by atoms with Crippen LogP contribution in [0.4, 0.5) is 4.39 Å². The van der Waals surface area contributed by atoms with Crippen LogP contribution < -0.4 is 5.73 Å². The van der Waals surface area contributed by atoms with Gasteiger partial charge in [-0.25, -0.2) is 9.18 Å². The number of carbonyl (C=O) groups excluding carboxylic acids is 1. The molecule has 88 valence electrons. The summed E-state index contributed by atoms with van der Waals surface area (Å²) in [5, 5.41) is 0. The molecule has 0 aliphatic heterocycles. The summed E-state index contributed by atoms with van der Waals surface area (Å²) < 4.78 is 18.1. The van der Waals surface area contributed by atoms with Gasteiger partial charge in [0.15, 0.2) is 5.54 Å². The first kappa shape index (κ1) is 12.6. The van der Waals surface area contributed by atoms with Gasteiger partial charge in [0.25, 0.3) is 0 Å². The Hall–Kier alpha value is -1.42. The Bertz CT molecular complexity index is 392. The van der Waals surface area contributed by atoms with Crippen LogP contribution in [0.1, 0.15) is 18.1 Å². The summed E-state index contributed by atoms with van der Waals surface area (Å²) in [6, 6.07) is 6.90. The first-order valence-electron chi connectivity index (χ1n) is 5.01. The third-order valence-electron chi connectivity index (χ3n) is 2.65. The van der Waals surface area contributed by atoms with Gasteiger partial charge in [-0.2, -0.15) is 0 Å². The van der Waals surface area contributed by atoms with Crippen LogP contribution in [0, 0.1) is 6.92 Å². The molecular formula is C12H16FNO2. The summed E-state index contributed by atoms with van der Waals surface area (Å²) in [6.07, 6.45) is -1.53. The van der Waals surface area contributed by atoms with Crippen molar-refractivity contribution in [1.29, 1.82) is 0 Å². The van der Waals surface area contributed by atoms with E-state index in [2.05, 4.69) is 4.74 Å². The van der Waals surface area contributed by atoms with Gasteiger partial charge in [-0.05, 0) is 19.4 Å². The van der Waals surface area contributed by atoms with E-state index >= 15 is 0 Å². The van der Waals surface area contributed by atoms with Crippen molar-refractivity contribution in [2.45, 2.75) is 25.6 Å². The number of aryl methyl sites for hydroxylation is 1. The molecule has 0 amide bonds. The Morgan fingerprint density at radius 2 is 2.19 bits per heavy atom. The molecule has 2 unspecified atom stereocenters. The highest BCUT2D eigenvalue weighted by Crippen LogP contribution is 2.26. The van der Waals surface area contributed by atoms with Crippen LogP contribution in [0.25, 0.3) is 0 Å². The Balaban J connectivity index is 3.27. The molecule has 2 atom stereocenters. The SMILES string of the molecule is COC(=O)C(N)(c1cccc(C)c1)C(C)F. The quantitative estimate of drug-likeness (QED) is 0.796. The molecule has 0 aromatic heterocycles. The lowest BCUT2D eigenvalue weighted by Gasteiger charge is -2.28. The molecule has 0 bridgehead atoms. The summed E-state index contributed by atoms with van der Waals surface area (Å²) >= 11 is 0. The first-order valence-corrected chi connectivity index (χ1v) is 5.01. The van der Waals surface area contributed by atoms with E-state index < -0.39 is 17.7 Å². The van der Waals surface area contributed by atoms with Crippen LogP contribution in [0.3, 0.4) is 0 Å². The summed E-state index contributed by atoms with van der Waals surface area (Å²) in [5.41, 5.74) is 5.44. The highest BCUT2D eigenvalue weighted by molar-refractivity contribution is 5.83. The van der Waals surface area contributed by atoms with Gasteiger partial charge in [-0.1, -0.05) is 29.8 Å². The smallest absolute Gasteiger partial charge is 0.333 e.